The van der Waals surface area contributed by atoms with Crippen molar-refractivity contribution in [2.24, 2.45) is 0 Å². The first kappa shape index (κ1) is 22.9. The van der Waals surface area contributed by atoms with Crippen molar-refractivity contribution in [3.63, 3.8) is 0 Å². The van der Waals surface area contributed by atoms with E-state index in [-0.39, 0.29) is 27.8 Å². The maximum atomic E-state index is 12.8. The normalized spacial score (nSPS) is 11.1. The zero-order valence-electron chi connectivity index (χ0n) is 15.7. The highest BCUT2D eigenvalue weighted by Crippen LogP contribution is 2.22. The molecule has 2 aromatic carbocycles. The Labute approximate surface area is 174 Å². The molecule has 156 valence electrons. The van der Waals surface area contributed by atoms with Gasteiger partial charge in [-0.05, 0) is 55.3 Å². The predicted octanol–water partition coefficient (Wildman–Crippen LogP) is 3.53. The topological polar surface area (TPSA) is 84.5 Å². The van der Waals surface area contributed by atoms with Crippen LogP contribution in [0, 0.1) is 5.82 Å². The van der Waals surface area contributed by atoms with Gasteiger partial charge in [0.25, 0.3) is 5.91 Å². The molecule has 0 aliphatic carbocycles. The van der Waals surface area contributed by atoms with Crippen molar-refractivity contribution >= 4 is 27.5 Å². The van der Waals surface area contributed by atoms with E-state index in [0.717, 1.165) is 0 Å². The highest BCUT2D eigenvalue weighted by atomic mass is 35.5. The summed E-state index contributed by atoms with van der Waals surface area (Å²) in [5.74, 6) is -0.147. The Morgan fingerprint density at radius 1 is 1.17 bits per heavy atom. The molecule has 2 aromatic rings. The molecule has 0 aliphatic rings. The molecule has 0 heterocycles. The highest BCUT2D eigenvalue weighted by Gasteiger charge is 2.19. The van der Waals surface area contributed by atoms with Crippen LogP contribution in [0.3, 0.4) is 0 Å². The van der Waals surface area contributed by atoms with E-state index < -0.39 is 15.9 Å². The Kier molecular flexibility index (Phi) is 8.63. The second-order valence-electron chi connectivity index (χ2n) is 6.05. The number of carbonyl (C=O) groups excluding carboxylic acids is 1. The van der Waals surface area contributed by atoms with Gasteiger partial charge in [-0.2, -0.15) is 0 Å². The average molecular weight is 441 g/mol. The van der Waals surface area contributed by atoms with E-state index in [1.807, 2.05) is 0 Å². The Balaban J connectivity index is 1.82. The number of rotatable bonds is 11. The van der Waals surface area contributed by atoms with E-state index in [1.165, 1.54) is 36.4 Å². The quantitative estimate of drug-likeness (QED) is 0.413. The minimum Gasteiger partial charge on any atom is -0.494 e. The SMILES string of the molecule is C=CCNS(=O)(=O)c1cc(C(=O)NCCCCOc2ccc(F)cc2)ccc1Cl. The van der Waals surface area contributed by atoms with Crippen LogP contribution in [-0.4, -0.2) is 34.0 Å². The van der Waals surface area contributed by atoms with Crippen LogP contribution >= 0.6 is 11.6 Å². The molecule has 0 bridgehead atoms. The second-order valence-corrected chi connectivity index (χ2v) is 8.19. The third-order valence-electron chi connectivity index (χ3n) is 3.84. The summed E-state index contributed by atoms with van der Waals surface area (Å²) in [5.41, 5.74) is 0.191. The van der Waals surface area contributed by atoms with Crippen molar-refractivity contribution in [1.29, 1.82) is 0 Å². The van der Waals surface area contributed by atoms with Crippen molar-refractivity contribution in [2.75, 3.05) is 19.7 Å². The minimum atomic E-state index is -3.84. The molecule has 2 N–H and O–H groups in total. The largest absolute Gasteiger partial charge is 0.494 e. The molecule has 29 heavy (non-hydrogen) atoms. The maximum absolute atomic E-state index is 12.8. The van der Waals surface area contributed by atoms with Gasteiger partial charge in [0.2, 0.25) is 10.0 Å². The van der Waals surface area contributed by atoms with Gasteiger partial charge in [-0.25, -0.2) is 17.5 Å². The summed E-state index contributed by atoms with van der Waals surface area (Å²) in [6.45, 7) is 4.33. The first-order valence-corrected chi connectivity index (χ1v) is 10.8. The Morgan fingerprint density at radius 3 is 2.59 bits per heavy atom. The summed E-state index contributed by atoms with van der Waals surface area (Å²) >= 11 is 5.97. The van der Waals surface area contributed by atoms with Crippen LogP contribution in [0.15, 0.2) is 60.0 Å². The lowest BCUT2D eigenvalue weighted by Crippen LogP contribution is -2.27. The average Bonchev–Trinajstić information content (AvgIpc) is 2.70. The van der Waals surface area contributed by atoms with E-state index in [0.29, 0.717) is 31.7 Å². The van der Waals surface area contributed by atoms with Crippen LogP contribution < -0.4 is 14.8 Å². The van der Waals surface area contributed by atoms with Gasteiger partial charge >= 0.3 is 0 Å². The van der Waals surface area contributed by atoms with E-state index in [4.69, 9.17) is 16.3 Å². The van der Waals surface area contributed by atoms with E-state index >= 15 is 0 Å². The first-order valence-electron chi connectivity index (χ1n) is 8.90. The number of unbranched alkanes of at least 4 members (excludes halogenated alkanes) is 1. The molecule has 0 unspecified atom stereocenters. The summed E-state index contributed by atoms with van der Waals surface area (Å²) < 4.78 is 45.1. The highest BCUT2D eigenvalue weighted by molar-refractivity contribution is 7.89. The van der Waals surface area contributed by atoms with Gasteiger partial charge in [0.15, 0.2) is 0 Å². The molecule has 6 nitrogen and oxygen atoms in total. The molecule has 1 amide bonds. The molecule has 0 atom stereocenters. The third kappa shape index (κ3) is 7.16. The van der Waals surface area contributed by atoms with Crippen LogP contribution in [0.4, 0.5) is 4.39 Å². The van der Waals surface area contributed by atoms with Gasteiger partial charge in [0.05, 0.1) is 11.6 Å². The number of benzene rings is 2. The van der Waals surface area contributed by atoms with Crippen LogP contribution in [0.25, 0.3) is 0 Å². The number of sulfonamides is 1. The van der Waals surface area contributed by atoms with Crippen LogP contribution in [0.1, 0.15) is 23.2 Å². The number of ether oxygens (including phenoxy) is 1. The van der Waals surface area contributed by atoms with Crippen molar-refractivity contribution in [3.8, 4) is 5.75 Å². The molecule has 0 radical (unpaired) electrons. The fourth-order valence-corrected chi connectivity index (χ4v) is 3.87. The van der Waals surface area contributed by atoms with Gasteiger partial charge < -0.3 is 10.1 Å². The molecule has 9 heteroatoms. The van der Waals surface area contributed by atoms with Crippen LogP contribution in [0.5, 0.6) is 5.75 Å². The fraction of sp³-hybridized carbons (Fsp3) is 0.250. The number of hydrogen-bond donors (Lipinski definition) is 2. The molecule has 0 saturated heterocycles. The lowest BCUT2D eigenvalue weighted by Gasteiger charge is -2.10. The van der Waals surface area contributed by atoms with Crippen molar-refractivity contribution in [1.82, 2.24) is 10.0 Å². The van der Waals surface area contributed by atoms with Crippen molar-refractivity contribution < 1.29 is 22.3 Å². The molecular weight excluding hydrogens is 419 g/mol. The van der Waals surface area contributed by atoms with Crippen molar-refractivity contribution in [2.45, 2.75) is 17.7 Å². The third-order valence-corrected chi connectivity index (χ3v) is 5.74. The van der Waals surface area contributed by atoms with Gasteiger partial charge in [0, 0.05) is 18.7 Å². The minimum absolute atomic E-state index is 0.0241. The smallest absolute Gasteiger partial charge is 0.251 e. The lowest BCUT2D eigenvalue weighted by molar-refractivity contribution is 0.0952. The van der Waals surface area contributed by atoms with Gasteiger partial charge in [-0.1, -0.05) is 17.7 Å². The zero-order chi connectivity index (χ0) is 21.3. The van der Waals surface area contributed by atoms with Crippen LogP contribution in [0.2, 0.25) is 5.02 Å². The molecule has 0 fully saturated rings. The van der Waals surface area contributed by atoms with Crippen molar-refractivity contribution in [3.05, 3.63) is 71.5 Å². The number of hydrogen-bond acceptors (Lipinski definition) is 4. The monoisotopic (exact) mass is 440 g/mol. The summed E-state index contributed by atoms with van der Waals surface area (Å²) in [6, 6.07) is 9.81. The predicted molar refractivity (Wildman–Crippen MR) is 110 cm³/mol. The molecule has 0 aliphatic heterocycles. The Hall–Kier alpha value is -2.42. The van der Waals surface area contributed by atoms with Gasteiger partial charge in [-0.15, -0.1) is 6.58 Å². The molecular formula is C20H22ClFN2O4S. The van der Waals surface area contributed by atoms with E-state index in [9.17, 15) is 17.6 Å². The number of nitrogens with one attached hydrogen (secondary N) is 2. The molecule has 0 aromatic heterocycles. The van der Waals surface area contributed by atoms with Gasteiger partial charge in [-0.3, -0.25) is 4.79 Å². The second kappa shape index (κ2) is 10.9. The summed E-state index contributed by atoms with van der Waals surface area (Å²) in [4.78, 5) is 12.1. The molecule has 2 rings (SSSR count). The standard InChI is InChI=1S/C20H22ClFN2O4S/c1-2-11-24-29(26,27)19-14-15(5-10-18(19)21)20(25)23-12-3-4-13-28-17-8-6-16(22)7-9-17/h2,5-10,14,24H,1,3-4,11-13H2,(H,23,25). The summed E-state index contributed by atoms with van der Waals surface area (Å²) in [5, 5.41) is 2.75. The number of halogens is 2. The van der Waals surface area contributed by atoms with E-state index in [1.54, 1.807) is 12.1 Å². The van der Waals surface area contributed by atoms with Gasteiger partial charge in [0.1, 0.15) is 16.5 Å². The molecule has 0 spiro atoms. The van der Waals surface area contributed by atoms with Crippen LogP contribution in [-0.2, 0) is 10.0 Å². The summed E-state index contributed by atoms with van der Waals surface area (Å²) in [7, 11) is -3.84. The number of carbonyl (C=O) groups is 1. The lowest BCUT2D eigenvalue weighted by atomic mass is 10.2. The Morgan fingerprint density at radius 2 is 1.90 bits per heavy atom. The first-order chi connectivity index (χ1) is 13.8. The Bertz CT molecular complexity index is 949. The fourth-order valence-electron chi connectivity index (χ4n) is 2.35. The zero-order valence-corrected chi connectivity index (χ0v) is 17.2. The number of amides is 1. The maximum Gasteiger partial charge on any atom is 0.251 e. The molecule has 0 saturated carbocycles. The van der Waals surface area contributed by atoms with E-state index in [2.05, 4.69) is 16.6 Å². The summed E-state index contributed by atoms with van der Waals surface area (Å²) in [6.07, 6.45) is 2.75.